The lowest BCUT2D eigenvalue weighted by atomic mass is 10.2. The van der Waals surface area contributed by atoms with Crippen molar-refractivity contribution in [3.63, 3.8) is 0 Å². The zero-order chi connectivity index (χ0) is 14.7. The number of aromatic nitrogens is 2. The van der Waals surface area contributed by atoms with Crippen LogP contribution in [0.5, 0.6) is 0 Å². The maximum Gasteiger partial charge on any atom is 0.108 e. The molecule has 0 amide bonds. The van der Waals surface area contributed by atoms with Gasteiger partial charge < -0.3 is 10.3 Å². The van der Waals surface area contributed by atoms with Gasteiger partial charge in [-0.05, 0) is 29.8 Å². The summed E-state index contributed by atoms with van der Waals surface area (Å²) >= 11 is 11.9. The Labute approximate surface area is 133 Å². The molecule has 0 bridgehead atoms. The molecule has 0 fully saturated rings. The third kappa shape index (κ3) is 3.56. The first kappa shape index (κ1) is 14.4. The number of para-hydroxylation sites is 2. The Hall–Kier alpha value is -1.55. The Bertz CT molecular complexity index is 719. The number of halogens is 2. The second kappa shape index (κ2) is 6.48. The van der Waals surface area contributed by atoms with Crippen molar-refractivity contribution >= 4 is 34.2 Å². The van der Waals surface area contributed by atoms with Crippen LogP contribution in [0.15, 0.2) is 42.5 Å². The highest BCUT2D eigenvalue weighted by Crippen LogP contribution is 2.22. The Morgan fingerprint density at radius 2 is 1.90 bits per heavy atom. The molecule has 0 radical (unpaired) electrons. The summed E-state index contributed by atoms with van der Waals surface area (Å²) in [5.41, 5.74) is 3.21. The average Bonchev–Trinajstić information content (AvgIpc) is 2.90. The largest absolute Gasteiger partial charge is 0.342 e. The summed E-state index contributed by atoms with van der Waals surface area (Å²) < 4.78 is 0. The number of imidazole rings is 1. The Morgan fingerprint density at radius 1 is 1.05 bits per heavy atom. The van der Waals surface area contributed by atoms with Crippen molar-refractivity contribution < 1.29 is 0 Å². The van der Waals surface area contributed by atoms with Crippen molar-refractivity contribution in [2.45, 2.75) is 13.0 Å². The van der Waals surface area contributed by atoms with Gasteiger partial charge in [-0.25, -0.2) is 4.98 Å². The van der Waals surface area contributed by atoms with Crippen molar-refractivity contribution in [2.24, 2.45) is 0 Å². The van der Waals surface area contributed by atoms with Crippen LogP contribution in [0.25, 0.3) is 11.0 Å². The summed E-state index contributed by atoms with van der Waals surface area (Å²) in [7, 11) is 0. The van der Waals surface area contributed by atoms with Crippen molar-refractivity contribution in [2.75, 3.05) is 6.54 Å². The Balaban J connectivity index is 1.52. The molecule has 3 nitrogen and oxygen atoms in total. The third-order valence-electron chi connectivity index (χ3n) is 3.29. The molecule has 3 rings (SSSR count). The third-order valence-corrected chi connectivity index (χ3v) is 4.03. The molecule has 5 heteroatoms. The van der Waals surface area contributed by atoms with Crippen LogP contribution in [0.1, 0.15) is 11.4 Å². The highest BCUT2D eigenvalue weighted by Gasteiger charge is 2.02. The van der Waals surface area contributed by atoms with Gasteiger partial charge in [-0.15, -0.1) is 0 Å². The molecule has 0 saturated carbocycles. The highest BCUT2D eigenvalue weighted by molar-refractivity contribution is 6.42. The fourth-order valence-electron chi connectivity index (χ4n) is 2.21. The fourth-order valence-corrected chi connectivity index (χ4v) is 2.53. The van der Waals surface area contributed by atoms with Gasteiger partial charge >= 0.3 is 0 Å². The normalized spacial score (nSPS) is 11.1. The van der Waals surface area contributed by atoms with E-state index in [9.17, 15) is 0 Å². The molecule has 0 saturated heterocycles. The number of fused-ring (bicyclic) bond motifs is 1. The van der Waals surface area contributed by atoms with E-state index in [0.717, 1.165) is 41.9 Å². The molecule has 0 spiro atoms. The molecule has 0 aliphatic carbocycles. The standard InChI is InChI=1S/C16H15Cl2N3/c17-12-6-5-11(9-13(12)18)10-19-8-7-16-20-14-3-1-2-4-15(14)21-16/h1-6,9,19H,7-8,10H2,(H,20,21). The van der Waals surface area contributed by atoms with E-state index in [0.29, 0.717) is 10.0 Å². The van der Waals surface area contributed by atoms with E-state index in [4.69, 9.17) is 23.2 Å². The van der Waals surface area contributed by atoms with Gasteiger partial charge in [0.1, 0.15) is 5.82 Å². The van der Waals surface area contributed by atoms with E-state index in [1.54, 1.807) is 0 Å². The Morgan fingerprint density at radius 3 is 2.71 bits per heavy atom. The minimum absolute atomic E-state index is 0.586. The van der Waals surface area contributed by atoms with Gasteiger partial charge in [0.25, 0.3) is 0 Å². The average molecular weight is 320 g/mol. The van der Waals surface area contributed by atoms with Gasteiger partial charge in [-0.2, -0.15) is 0 Å². The molecule has 21 heavy (non-hydrogen) atoms. The summed E-state index contributed by atoms with van der Waals surface area (Å²) in [6.45, 7) is 1.61. The van der Waals surface area contributed by atoms with Crippen LogP contribution in [0, 0.1) is 0 Å². The van der Waals surface area contributed by atoms with Crippen LogP contribution in [0.3, 0.4) is 0 Å². The van der Waals surface area contributed by atoms with Crippen LogP contribution in [0.2, 0.25) is 10.0 Å². The van der Waals surface area contributed by atoms with Crippen molar-refractivity contribution in [1.82, 2.24) is 15.3 Å². The lowest BCUT2D eigenvalue weighted by Gasteiger charge is -2.05. The monoisotopic (exact) mass is 319 g/mol. The Kier molecular flexibility index (Phi) is 4.44. The number of nitrogens with one attached hydrogen (secondary N) is 2. The SMILES string of the molecule is Clc1ccc(CNCCc2nc3ccccc3[nH]2)cc1Cl. The summed E-state index contributed by atoms with van der Waals surface area (Å²) in [5, 5.41) is 4.56. The van der Waals surface area contributed by atoms with E-state index in [2.05, 4.69) is 15.3 Å². The van der Waals surface area contributed by atoms with Crippen LogP contribution in [-0.2, 0) is 13.0 Å². The van der Waals surface area contributed by atoms with Gasteiger partial charge in [0.2, 0.25) is 0 Å². The molecule has 1 aromatic heterocycles. The summed E-state index contributed by atoms with van der Waals surface area (Å²) in [6, 6.07) is 13.7. The molecule has 0 aliphatic rings. The van der Waals surface area contributed by atoms with Crippen LogP contribution in [0.4, 0.5) is 0 Å². The van der Waals surface area contributed by atoms with Crippen LogP contribution >= 0.6 is 23.2 Å². The molecule has 0 atom stereocenters. The highest BCUT2D eigenvalue weighted by atomic mass is 35.5. The maximum atomic E-state index is 5.99. The van der Waals surface area contributed by atoms with E-state index in [-0.39, 0.29) is 0 Å². The lowest BCUT2D eigenvalue weighted by molar-refractivity contribution is 0.675. The van der Waals surface area contributed by atoms with Gasteiger partial charge in [0, 0.05) is 19.5 Å². The molecular weight excluding hydrogens is 305 g/mol. The second-order valence-corrected chi connectivity index (χ2v) is 5.69. The first-order chi connectivity index (χ1) is 10.2. The quantitative estimate of drug-likeness (QED) is 0.692. The topological polar surface area (TPSA) is 40.7 Å². The van der Waals surface area contributed by atoms with Gasteiger partial charge in [0.15, 0.2) is 0 Å². The number of hydrogen-bond donors (Lipinski definition) is 2. The molecule has 2 N–H and O–H groups in total. The number of hydrogen-bond acceptors (Lipinski definition) is 2. The van der Waals surface area contributed by atoms with Gasteiger partial charge in [-0.1, -0.05) is 41.4 Å². The molecule has 2 aromatic carbocycles. The summed E-state index contributed by atoms with van der Waals surface area (Å²) in [4.78, 5) is 7.87. The predicted octanol–water partition coefficient (Wildman–Crippen LogP) is 4.20. The first-order valence-corrected chi connectivity index (χ1v) is 7.56. The minimum atomic E-state index is 0.586. The van der Waals surface area contributed by atoms with E-state index >= 15 is 0 Å². The van der Waals surface area contributed by atoms with E-state index < -0.39 is 0 Å². The lowest BCUT2D eigenvalue weighted by Crippen LogP contribution is -2.17. The molecule has 0 aliphatic heterocycles. The molecular formula is C16H15Cl2N3. The predicted molar refractivity (Wildman–Crippen MR) is 88.0 cm³/mol. The molecule has 0 unspecified atom stereocenters. The number of benzene rings is 2. The van der Waals surface area contributed by atoms with Gasteiger partial charge in [0.05, 0.1) is 21.1 Å². The molecule has 3 aromatic rings. The van der Waals surface area contributed by atoms with Crippen LogP contribution < -0.4 is 5.32 Å². The fraction of sp³-hybridized carbons (Fsp3) is 0.188. The molecule has 1 heterocycles. The zero-order valence-corrected chi connectivity index (χ0v) is 12.9. The number of rotatable bonds is 5. The van der Waals surface area contributed by atoms with Gasteiger partial charge in [-0.3, -0.25) is 0 Å². The zero-order valence-electron chi connectivity index (χ0n) is 11.4. The maximum absolute atomic E-state index is 5.99. The molecule has 108 valence electrons. The number of aromatic amines is 1. The van der Waals surface area contributed by atoms with Crippen LogP contribution in [-0.4, -0.2) is 16.5 Å². The van der Waals surface area contributed by atoms with Crippen molar-refractivity contribution in [3.05, 3.63) is 63.9 Å². The smallest absolute Gasteiger partial charge is 0.108 e. The minimum Gasteiger partial charge on any atom is -0.342 e. The van der Waals surface area contributed by atoms with E-state index in [1.807, 2.05) is 42.5 Å². The number of H-pyrrole nitrogens is 1. The first-order valence-electron chi connectivity index (χ1n) is 6.80. The van der Waals surface area contributed by atoms with E-state index in [1.165, 1.54) is 0 Å². The summed E-state index contributed by atoms with van der Waals surface area (Å²) in [6.07, 6.45) is 0.857. The van der Waals surface area contributed by atoms with Crippen molar-refractivity contribution in [1.29, 1.82) is 0 Å². The number of nitrogens with zero attached hydrogens (tertiary/aromatic N) is 1. The van der Waals surface area contributed by atoms with Crippen molar-refractivity contribution in [3.8, 4) is 0 Å². The second-order valence-electron chi connectivity index (χ2n) is 4.88. The summed E-state index contributed by atoms with van der Waals surface area (Å²) in [5.74, 6) is 0.998.